The van der Waals surface area contributed by atoms with Gasteiger partial charge >= 0.3 is 6.18 Å². The first kappa shape index (κ1) is 14.2. The predicted molar refractivity (Wildman–Crippen MR) is 79.2 cm³/mol. The number of carbonyl (C=O) groups is 1. The summed E-state index contributed by atoms with van der Waals surface area (Å²) in [6, 6.07) is 3.19. The van der Waals surface area contributed by atoms with Crippen LogP contribution in [0, 0.1) is 11.3 Å². The van der Waals surface area contributed by atoms with Crippen molar-refractivity contribution in [3.8, 4) is 0 Å². The average molecular weight is 334 g/mol. The van der Waals surface area contributed by atoms with E-state index in [0.717, 1.165) is 0 Å². The topological polar surface area (TPSA) is 66.0 Å². The molecule has 3 aliphatic carbocycles. The van der Waals surface area contributed by atoms with Gasteiger partial charge in [-0.25, -0.2) is 0 Å². The van der Waals surface area contributed by atoms with E-state index in [9.17, 15) is 23.1 Å². The number of nitrogens with zero attached hydrogens (tertiary/aromatic N) is 1. The fraction of sp³-hybridized carbons (Fsp3) is 0.412. The smallest absolute Gasteiger partial charge is 0.388 e. The van der Waals surface area contributed by atoms with Gasteiger partial charge in [0, 0.05) is 10.9 Å². The van der Waals surface area contributed by atoms with Crippen LogP contribution < -0.4 is 0 Å². The number of halogens is 3. The van der Waals surface area contributed by atoms with Crippen LogP contribution in [0.4, 0.5) is 13.2 Å². The molecule has 0 aliphatic heterocycles. The van der Waals surface area contributed by atoms with Crippen LogP contribution in [0.15, 0.2) is 23.9 Å². The number of hydrogen-bond acceptors (Lipinski definition) is 3. The highest BCUT2D eigenvalue weighted by Crippen LogP contribution is 2.65. The molecule has 1 saturated carbocycles. The first-order valence-corrected chi connectivity index (χ1v) is 7.86. The molecule has 3 aliphatic rings. The predicted octanol–water partition coefficient (Wildman–Crippen LogP) is 3.24. The summed E-state index contributed by atoms with van der Waals surface area (Å²) < 4.78 is 41.2. The monoisotopic (exact) mass is 334 g/mol. The van der Waals surface area contributed by atoms with Crippen molar-refractivity contribution in [2.24, 2.45) is 11.3 Å². The summed E-state index contributed by atoms with van der Waals surface area (Å²) in [5.41, 5.74) is -0.817. The second kappa shape index (κ2) is 4.08. The highest BCUT2D eigenvalue weighted by Gasteiger charge is 2.63. The number of hydrogen-bond donors (Lipinski definition) is 2. The molecule has 2 bridgehead atoms. The molecule has 124 valence electrons. The highest BCUT2D eigenvalue weighted by molar-refractivity contribution is 6.23. The molecule has 2 N–H and O–H groups in total. The van der Waals surface area contributed by atoms with Crippen LogP contribution in [0.3, 0.4) is 0 Å². The van der Waals surface area contributed by atoms with Crippen LogP contribution >= 0.6 is 0 Å². The van der Waals surface area contributed by atoms with Crippen molar-refractivity contribution in [2.75, 3.05) is 0 Å². The van der Waals surface area contributed by atoms with E-state index in [4.69, 9.17) is 0 Å². The minimum absolute atomic E-state index is 0.000602. The minimum Gasteiger partial charge on any atom is -0.388 e. The first-order chi connectivity index (χ1) is 11.3. The molecule has 4 nitrogen and oxygen atoms in total. The summed E-state index contributed by atoms with van der Waals surface area (Å²) >= 11 is 0. The molecular weight excluding hydrogens is 321 g/mol. The lowest BCUT2D eigenvalue weighted by atomic mass is 9.70. The normalized spacial score (nSPS) is 31.8. The first-order valence-electron chi connectivity index (χ1n) is 7.86. The Hall–Kier alpha value is -2.15. The summed E-state index contributed by atoms with van der Waals surface area (Å²) in [6.07, 6.45) is -3.66. The van der Waals surface area contributed by atoms with Gasteiger partial charge in [0.05, 0.1) is 28.8 Å². The van der Waals surface area contributed by atoms with Crippen molar-refractivity contribution in [3.05, 3.63) is 35.0 Å². The maximum absolute atomic E-state index is 13.7. The maximum atomic E-state index is 13.7. The molecule has 0 saturated heterocycles. The lowest BCUT2D eigenvalue weighted by molar-refractivity contribution is -0.110. The Kier molecular flexibility index (Phi) is 2.42. The number of Topliss-reactive ketones (excluding diaryl/α,β-unsaturated/α-hetero) is 1. The summed E-state index contributed by atoms with van der Waals surface area (Å²) in [7, 11) is 0. The lowest BCUT2D eigenvalue weighted by Crippen LogP contribution is -2.38. The Labute approximate surface area is 134 Å². The second-order valence-corrected chi connectivity index (χ2v) is 6.96. The van der Waals surface area contributed by atoms with Crippen molar-refractivity contribution in [3.63, 3.8) is 0 Å². The Balaban J connectivity index is 1.93. The number of allylic oxidation sites excluding steroid dienone is 1. The number of aromatic amines is 1. The maximum Gasteiger partial charge on any atom is 0.415 e. The average Bonchev–Trinajstić information content (AvgIpc) is 3.18. The molecule has 2 aromatic rings. The number of aromatic nitrogens is 2. The third-order valence-electron chi connectivity index (χ3n) is 5.90. The van der Waals surface area contributed by atoms with E-state index in [-0.39, 0.29) is 17.8 Å². The minimum atomic E-state index is -4.66. The lowest BCUT2D eigenvalue weighted by Gasteiger charge is -2.35. The Morgan fingerprint density at radius 1 is 1.33 bits per heavy atom. The van der Waals surface area contributed by atoms with E-state index < -0.39 is 29.2 Å². The molecule has 1 fully saturated rings. The van der Waals surface area contributed by atoms with Crippen LogP contribution in [0.2, 0.25) is 0 Å². The van der Waals surface area contributed by atoms with Gasteiger partial charge in [0.15, 0.2) is 5.78 Å². The number of aliphatic hydroxyl groups excluding tert-OH is 1. The zero-order chi connectivity index (χ0) is 16.9. The number of nitrogens with one attached hydrogen (secondary N) is 1. The van der Waals surface area contributed by atoms with Crippen LogP contribution in [-0.4, -0.2) is 33.4 Å². The van der Waals surface area contributed by atoms with Crippen molar-refractivity contribution in [2.45, 2.75) is 31.5 Å². The van der Waals surface area contributed by atoms with Gasteiger partial charge in [-0.2, -0.15) is 18.3 Å². The van der Waals surface area contributed by atoms with Crippen molar-refractivity contribution in [1.82, 2.24) is 10.2 Å². The van der Waals surface area contributed by atoms with E-state index >= 15 is 0 Å². The van der Waals surface area contributed by atoms with Gasteiger partial charge in [0.1, 0.15) is 0 Å². The van der Waals surface area contributed by atoms with E-state index in [2.05, 4.69) is 10.2 Å². The van der Waals surface area contributed by atoms with Crippen LogP contribution in [-0.2, 0) is 0 Å². The molecule has 5 rings (SSSR count). The quantitative estimate of drug-likeness (QED) is 0.777. The third-order valence-corrected chi connectivity index (χ3v) is 5.90. The molecule has 24 heavy (non-hydrogen) atoms. The van der Waals surface area contributed by atoms with Gasteiger partial charge < -0.3 is 5.11 Å². The van der Waals surface area contributed by atoms with Gasteiger partial charge in [-0.3, -0.25) is 9.89 Å². The Bertz CT molecular complexity index is 943. The Morgan fingerprint density at radius 3 is 2.88 bits per heavy atom. The zero-order valence-corrected chi connectivity index (χ0v) is 12.4. The van der Waals surface area contributed by atoms with E-state index in [0.29, 0.717) is 34.9 Å². The molecule has 1 spiro atoms. The van der Waals surface area contributed by atoms with Gasteiger partial charge in [0.2, 0.25) is 0 Å². The van der Waals surface area contributed by atoms with Gasteiger partial charge in [-0.1, -0.05) is 6.07 Å². The molecule has 3 atom stereocenters. The van der Waals surface area contributed by atoms with Gasteiger partial charge in [-0.15, -0.1) is 0 Å². The summed E-state index contributed by atoms with van der Waals surface area (Å²) in [5, 5.41) is 17.5. The van der Waals surface area contributed by atoms with Crippen molar-refractivity contribution >= 4 is 22.3 Å². The van der Waals surface area contributed by atoms with Crippen LogP contribution in [0.1, 0.15) is 35.2 Å². The number of benzene rings is 1. The summed E-state index contributed by atoms with van der Waals surface area (Å²) in [5.74, 6) is -0.765. The van der Waals surface area contributed by atoms with E-state index in [1.54, 1.807) is 12.1 Å². The standard InChI is InChI=1S/C17H13F3N2O2/c18-17(19,20)13-12-8-1-2-10-9(6-21-22-10)11(8)15(24)16(12)4-3-7(5-16)14(13)23/h1-2,6-7,14,23H,3-5H2,(H,21,22)/t7-,14+,16+/m0/s1. The number of aliphatic hydroxyl groups is 1. The number of fused-ring (bicyclic) bond motifs is 5. The largest absolute Gasteiger partial charge is 0.415 e. The van der Waals surface area contributed by atoms with Crippen LogP contribution in [0.5, 0.6) is 0 Å². The SMILES string of the molecule is O=C1c2c(ccc3[nH]ncc23)C2=C(C(F)(F)F)[C@H](O)[C@H]3CC[C@]12C3. The molecule has 1 aromatic carbocycles. The van der Waals surface area contributed by atoms with Crippen LogP contribution in [0.25, 0.3) is 16.5 Å². The summed E-state index contributed by atoms with van der Waals surface area (Å²) in [6.45, 7) is 0. The zero-order valence-electron chi connectivity index (χ0n) is 12.4. The molecule has 1 aromatic heterocycles. The highest BCUT2D eigenvalue weighted by atomic mass is 19.4. The summed E-state index contributed by atoms with van der Waals surface area (Å²) in [4.78, 5) is 13.2. The molecule has 0 radical (unpaired) electrons. The van der Waals surface area contributed by atoms with E-state index in [1.807, 2.05) is 0 Å². The number of rotatable bonds is 0. The third kappa shape index (κ3) is 1.45. The van der Waals surface area contributed by atoms with Gasteiger partial charge in [0.25, 0.3) is 0 Å². The molecule has 0 unspecified atom stereocenters. The van der Waals surface area contributed by atoms with E-state index in [1.165, 1.54) is 6.20 Å². The second-order valence-electron chi connectivity index (χ2n) is 6.96. The fourth-order valence-electron chi connectivity index (χ4n) is 4.96. The molecular formula is C17H13F3N2O2. The Morgan fingerprint density at radius 2 is 2.12 bits per heavy atom. The number of H-pyrrole nitrogens is 1. The van der Waals surface area contributed by atoms with Crippen molar-refractivity contribution < 1.29 is 23.1 Å². The fourth-order valence-corrected chi connectivity index (χ4v) is 4.96. The molecule has 0 amide bonds. The number of carbonyl (C=O) groups excluding carboxylic acids is 1. The number of ketones is 1. The van der Waals surface area contributed by atoms with Crippen molar-refractivity contribution in [1.29, 1.82) is 0 Å². The molecule has 1 heterocycles. The van der Waals surface area contributed by atoms with Gasteiger partial charge in [-0.05, 0) is 42.4 Å². The number of alkyl halides is 3. The molecule has 7 heteroatoms.